The monoisotopic (exact) mass is 438 g/mol. The Morgan fingerprint density at radius 3 is 2.77 bits per heavy atom. The van der Waals surface area contributed by atoms with Crippen molar-refractivity contribution in [3.8, 4) is 0 Å². The second kappa shape index (κ2) is 9.22. The van der Waals surface area contributed by atoms with E-state index in [0.29, 0.717) is 23.7 Å². The van der Waals surface area contributed by atoms with Crippen molar-refractivity contribution in [2.24, 2.45) is 0 Å². The van der Waals surface area contributed by atoms with E-state index in [9.17, 15) is 10.2 Å². The van der Waals surface area contributed by atoms with Crippen molar-refractivity contribution < 1.29 is 10.2 Å². The van der Waals surface area contributed by atoms with Crippen molar-refractivity contribution in [1.82, 2.24) is 14.5 Å². The zero-order valence-corrected chi connectivity index (χ0v) is 18.2. The fourth-order valence-corrected chi connectivity index (χ4v) is 4.34. The third-order valence-corrected chi connectivity index (χ3v) is 6.18. The van der Waals surface area contributed by atoms with Gasteiger partial charge < -0.3 is 20.5 Å². The number of pyridine rings is 2. The van der Waals surface area contributed by atoms with Crippen LogP contribution in [0, 0.1) is 0 Å². The van der Waals surface area contributed by atoms with E-state index < -0.39 is 12.2 Å². The van der Waals surface area contributed by atoms with Gasteiger partial charge in [0.05, 0.1) is 33.7 Å². The number of nitrogen functional groups attached to an aromatic ring is 1. The molecule has 4 N–H and O–H groups in total. The van der Waals surface area contributed by atoms with Crippen molar-refractivity contribution in [2.75, 3.05) is 5.73 Å². The normalized spacial score (nSPS) is 14.7. The van der Waals surface area contributed by atoms with Crippen LogP contribution >= 0.6 is 11.6 Å². The smallest absolute Gasteiger partial charge is 0.142 e. The number of aliphatic hydroxyl groups is 2. The number of halogens is 1. The fraction of sp³-hybridized carbons (Fsp3) is 0.333. The average Bonchev–Trinajstić information content (AvgIpc) is 3.19. The molecule has 0 saturated heterocycles. The van der Waals surface area contributed by atoms with Crippen LogP contribution in [0.2, 0.25) is 5.02 Å². The van der Waals surface area contributed by atoms with Crippen molar-refractivity contribution >= 4 is 39.4 Å². The van der Waals surface area contributed by atoms with Gasteiger partial charge in [0.1, 0.15) is 11.9 Å². The molecule has 4 aromatic rings. The molecule has 31 heavy (non-hydrogen) atoms. The number of aromatic nitrogens is 3. The molecule has 3 atom stereocenters. The first-order valence-corrected chi connectivity index (χ1v) is 11.0. The molecular weight excluding hydrogens is 412 g/mol. The average molecular weight is 439 g/mol. The molecule has 0 amide bonds. The van der Waals surface area contributed by atoms with Gasteiger partial charge in [-0.25, -0.2) is 4.98 Å². The van der Waals surface area contributed by atoms with Crippen molar-refractivity contribution in [2.45, 2.75) is 50.9 Å². The van der Waals surface area contributed by atoms with E-state index in [1.54, 1.807) is 6.20 Å². The van der Waals surface area contributed by atoms with Crippen LogP contribution in [0.3, 0.4) is 0 Å². The maximum absolute atomic E-state index is 10.9. The molecule has 6 nitrogen and oxygen atoms in total. The van der Waals surface area contributed by atoms with Gasteiger partial charge in [-0.3, -0.25) is 4.98 Å². The highest BCUT2D eigenvalue weighted by Gasteiger charge is 2.27. The third kappa shape index (κ3) is 4.51. The molecule has 0 aliphatic carbocycles. The Morgan fingerprint density at radius 1 is 1.13 bits per heavy atom. The Bertz CT molecular complexity index is 1190. The number of aryl methyl sites for hydroxylation is 1. The van der Waals surface area contributed by atoms with Gasteiger partial charge in [0.15, 0.2) is 0 Å². The number of hydrogen-bond acceptors (Lipinski definition) is 5. The van der Waals surface area contributed by atoms with Gasteiger partial charge in [-0.15, -0.1) is 0 Å². The van der Waals surface area contributed by atoms with Crippen LogP contribution in [0.5, 0.6) is 0 Å². The largest absolute Gasteiger partial charge is 0.390 e. The van der Waals surface area contributed by atoms with E-state index >= 15 is 0 Å². The predicted molar refractivity (Wildman–Crippen MR) is 125 cm³/mol. The molecule has 0 aliphatic rings. The maximum Gasteiger partial charge on any atom is 0.142 e. The lowest BCUT2D eigenvalue weighted by molar-refractivity contribution is -0.0178. The van der Waals surface area contributed by atoms with Crippen molar-refractivity contribution in [3.05, 3.63) is 65.4 Å². The summed E-state index contributed by atoms with van der Waals surface area (Å²) in [5.74, 6) is 0.322. The molecule has 0 saturated carbocycles. The zero-order chi connectivity index (χ0) is 22.0. The van der Waals surface area contributed by atoms with Crippen LogP contribution in [-0.2, 0) is 6.42 Å². The molecule has 0 unspecified atom stereocenters. The summed E-state index contributed by atoms with van der Waals surface area (Å²) in [6.45, 7) is 2.02. The molecule has 0 fully saturated rings. The number of nitrogens with two attached hydrogens (primary N) is 1. The van der Waals surface area contributed by atoms with Crippen LogP contribution in [0.15, 0.2) is 54.9 Å². The highest BCUT2D eigenvalue weighted by molar-refractivity contribution is 6.33. The van der Waals surface area contributed by atoms with Crippen molar-refractivity contribution in [1.29, 1.82) is 0 Å². The van der Waals surface area contributed by atoms with E-state index in [1.165, 1.54) is 0 Å². The quantitative estimate of drug-likeness (QED) is 0.376. The van der Waals surface area contributed by atoms with Gasteiger partial charge in [0.2, 0.25) is 0 Å². The lowest BCUT2D eigenvalue weighted by atomic mass is 9.97. The van der Waals surface area contributed by atoms with Crippen LogP contribution in [0.4, 0.5) is 5.82 Å². The Morgan fingerprint density at radius 2 is 1.97 bits per heavy atom. The van der Waals surface area contributed by atoms with Gasteiger partial charge >= 0.3 is 0 Å². The summed E-state index contributed by atoms with van der Waals surface area (Å²) in [5, 5.41) is 23.0. The van der Waals surface area contributed by atoms with Crippen LogP contribution in [0.25, 0.3) is 21.9 Å². The molecule has 0 aliphatic heterocycles. The maximum atomic E-state index is 10.9. The number of nitrogens with zero attached hydrogens (tertiary/aromatic N) is 3. The standard InChI is InChI=1S/C24H27ClN4O2/c1-2-20(29-12-10-18-21(29)6-4-11-27-18)23(31)22(30)7-3-5-15-8-9-16-14-17(25)24(26)28-19(16)13-15/h4,6,8-14,20,22-23,30-31H,2-3,5,7H2,1H3,(H2,26,28)/t20-,22-,23+/m1/s1. The minimum absolute atomic E-state index is 0.214. The topological polar surface area (TPSA) is 97.2 Å². The molecule has 3 heterocycles. The third-order valence-electron chi connectivity index (χ3n) is 5.88. The Balaban J connectivity index is 1.40. The van der Waals surface area contributed by atoms with Crippen LogP contribution in [0.1, 0.15) is 37.8 Å². The lowest BCUT2D eigenvalue weighted by Crippen LogP contribution is -2.34. The second-order valence-electron chi connectivity index (χ2n) is 7.94. The first kappa shape index (κ1) is 21.6. The molecule has 0 radical (unpaired) electrons. The summed E-state index contributed by atoms with van der Waals surface area (Å²) < 4.78 is 2.01. The number of fused-ring (bicyclic) bond motifs is 2. The van der Waals surface area contributed by atoms with Gasteiger partial charge in [-0.05, 0) is 61.6 Å². The van der Waals surface area contributed by atoms with Gasteiger partial charge in [-0.1, -0.05) is 30.7 Å². The summed E-state index contributed by atoms with van der Waals surface area (Å²) in [7, 11) is 0. The van der Waals surface area contributed by atoms with Crippen LogP contribution in [-0.4, -0.2) is 37.0 Å². The zero-order valence-electron chi connectivity index (χ0n) is 17.4. The molecule has 162 valence electrons. The summed E-state index contributed by atoms with van der Waals surface area (Å²) in [6, 6.07) is 13.4. The van der Waals surface area contributed by atoms with E-state index in [4.69, 9.17) is 17.3 Å². The first-order valence-electron chi connectivity index (χ1n) is 10.6. The molecule has 7 heteroatoms. The minimum Gasteiger partial charge on any atom is -0.390 e. The number of anilines is 1. The Labute approximate surface area is 186 Å². The van der Waals surface area contributed by atoms with Gasteiger partial charge in [-0.2, -0.15) is 0 Å². The van der Waals surface area contributed by atoms with Gasteiger partial charge in [0, 0.05) is 17.8 Å². The number of aliphatic hydroxyl groups excluding tert-OH is 2. The number of rotatable bonds is 8. The second-order valence-corrected chi connectivity index (χ2v) is 8.35. The number of benzene rings is 1. The fourth-order valence-electron chi connectivity index (χ4n) is 4.18. The molecule has 1 aromatic carbocycles. The van der Waals surface area contributed by atoms with E-state index in [0.717, 1.165) is 40.3 Å². The van der Waals surface area contributed by atoms with Crippen LogP contribution < -0.4 is 5.73 Å². The highest BCUT2D eigenvalue weighted by Crippen LogP contribution is 2.27. The lowest BCUT2D eigenvalue weighted by Gasteiger charge is -2.28. The summed E-state index contributed by atoms with van der Waals surface area (Å²) in [5.41, 5.74) is 9.58. The Hall–Kier alpha value is -2.67. The SMILES string of the molecule is CC[C@H]([C@H](O)[C@H](O)CCCc1ccc2cc(Cl)c(N)nc2c1)n1ccc2ncccc21. The van der Waals surface area contributed by atoms with Gasteiger partial charge in [0.25, 0.3) is 0 Å². The molecule has 3 aromatic heterocycles. The van der Waals surface area contributed by atoms with Crippen molar-refractivity contribution in [3.63, 3.8) is 0 Å². The first-order chi connectivity index (χ1) is 15.0. The molecule has 0 bridgehead atoms. The van der Waals surface area contributed by atoms with E-state index in [2.05, 4.69) is 9.97 Å². The Kier molecular flexibility index (Phi) is 6.41. The molecular formula is C24H27ClN4O2. The highest BCUT2D eigenvalue weighted by atomic mass is 35.5. The molecule has 0 spiro atoms. The van der Waals surface area contributed by atoms with E-state index in [-0.39, 0.29) is 6.04 Å². The summed E-state index contributed by atoms with van der Waals surface area (Å²) >= 11 is 6.04. The molecule has 4 rings (SSSR count). The number of hydrogen-bond donors (Lipinski definition) is 3. The van der Waals surface area contributed by atoms with E-state index in [1.807, 2.05) is 60.2 Å². The predicted octanol–water partition coefficient (Wildman–Crippen LogP) is 4.52. The minimum atomic E-state index is -0.860. The summed E-state index contributed by atoms with van der Waals surface area (Å²) in [4.78, 5) is 8.70. The summed E-state index contributed by atoms with van der Waals surface area (Å²) in [6.07, 6.45) is 4.74.